The summed E-state index contributed by atoms with van der Waals surface area (Å²) >= 11 is 0. The summed E-state index contributed by atoms with van der Waals surface area (Å²) in [6, 6.07) is 8.52. The number of anilines is 2. The zero-order valence-corrected chi connectivity index (χ0v) is 13.7. The van der Waals surface area contributed by atoms with Crippen LogP contribution in [-0.4, -0.2) is 23.6 Å². The Kier molecular flexibility index (Phi) is 4.74. The average molecular weight is 315 g/mol. The van der Waals surface area contributed by atoms with Crippen LogP contribution in [0.15, 0.2) is 36.5 Å². The summed E-state index contributed by atoms with van der Waals surface area (Å²) in [5, 5.41) is 2.98. The van der Waals surface area contributed by atoms with Gasteiger partial charge in [-0.15, -0.1) is 0 Å². The van der Waals surface area contributed by atoms with Crippen molar-refractivity contribution in [3.8, 4) is 11.5 Å². The van der Waals surface area contributed by atoms with E-state index in [0.717, 1.165) is 5.69 Å². The molecule has 0 aliphatic carbocycles. The number of benzene rings is 1. The summed E-state index contributed by atoms with van der Waals surface area (Å²) in [7, 11) is 1.79. The van der Waals surface area contributed by atoms with Crippen molar-refractivity contribution in [1.82, 2.24) is 4.98 Å². The van der Waals surface area contributed by atoms with Crippen LogP contribution in [0, 0.1) is 0 Å². The van der Waals surface area contributed by atoms with Crippen molar-refractivity contribution in [3.05, 3.63) is 42.2 Å². The van der Waals surface area contributed by atoms with Gasteiger partial charge in [0, 0.05) is 25.4 Å². The molecule has 0 bridgehead atoms. The molecule has 3 N–H and O–H groups in total. The van der Waals surface area contributed by atoms with Crippen molar-refractivity contribution in [2.24, 2.45) is 0 Å². The van der Waals surface area contributed by atoms with Gasteiger partial charge in [-0.05, 0) is 39.0 Å². The van der Waals surface area contributed by atoms with Crippen molar-refractivity contribution in [3.63, 3.8) is 0 Å². The fourth-order valence-corrected chi connectivity index (χ4v) is 1.88. The third-order valence-corrected chi connectivity index (χ3v) is 2.87. The lowest BCUT2D eigenvalue weighted by molar-refractivity contribution is 0.00625. The number of pyridine rings is 1. The van der Waals surface area contributed by atoms with E-state index in [9.17, 15) is 4.79 Å². The monoisotopic (exact) mass is 315 g/mol. The second kappa shape index (κ2) is 6.56. The Morgan fingerprint density at radius 3 is 2.48 bits per heavy atom. The van der Waals surface area contributed by atoms with Gasteiger partial charge < -0.3 is 20.5 Å². The molecule has 0 unspecified atom stereocenters. The van der Waals surface area contributed by atoms with Crippen molar-refractivity contribution >= 4 is 17.3 Å². The van der Waals surface area contributed by atoms with E-state index in [-0.39, 0.29) is 5.69 Å². The quantitative estimate of drug-likeness (QED) is 0.664. The molecule has 122 valence electrons. The molecule has 0 saturated heterocycles. The molecule has 1 heterocycles. The van der Waals surface area contributed by atoms with E-state index in [1.807, 2.05) is 6.07 Å². The van der Waals surface area contributed by atoms with Gasteiger partial charge in [0.05, 0.1) is 11.4 Å². The number of carbonyl (C=O) groups is 1. The highest BCUT2D eigenvalue weighted by atomic mass is 16.6. The number of esters is 1. The molecule has 0 spiro atoms. The maximum atomic E-state index is 12.0. The average Bonchev–Trinajstić information content (AvgIpc) is 2.46. The van der Waals surface area contributed by atoms with Gasteiger partial charge in [0.1, 0.15) is 17.1 Å². The van der Waals surface area contributed by atoms with E-state index in [1.54, 1.807) is 46.0 Å². The zero-order valence-electron chi connectivity index (χ0n) is 13.7. The molecule has 0 fully saturated rings. The SMILES string of the molecule is CNc1ccc(Oc2ccnc(C(=O)OC(C)(C)C)c2)cc1N. The first-order valence-corrected chi connectivity index (χ1v) is 7.23. The third kappa shape index (κ3) is 4.60. The molecule has 0 saturated carbocycles. The summed E-state index contributed by atoms with van der Waals surface area (Å²) in [6.07, 6.45) is 1.50. The molecular weight excluding hydrogens is 294 g/mol. The number of carbonyl (C=O) groups excluding carboxylic acids is 1. The molecule has 23 heavy (non-hydrogen) atoms. The Morgan fingerprint density at radius 1 is 1.17 bits per heavy atom. The molecule has 2 aromatic rings. The van der Waals surface area contributed by atoms with E-state index in [0.29, 0.717) is 17.2 Å². The number of nitrogens with one attached hydrogen (secondary N) is 1. The molecule has 0 atom stereocenters. The molecule has 0 aliphatic heterocycles. The highest BCUT2D eigenvalue weighted by molar-refractivity contribution is 5.87. The van der Waals surface area contributed by atoms with E-state index in [2.05, 4.69) is 10.3 Å². The van der Waals surface area contributed by atoms with Gasteiger partial charge in [0.15, 0.2) is 5.69 Å². The number of nitrogen functional groups attached to an aromatic ring is 1. The largest absolute Gasteiger partial charge is 0.457 e. The van der Waals surface area contributed by atoms with Crippen molar-refractivity contribution < 1.29 is 14.3 Å². The Bertz CT molecular complexity index is 708. The van der Waals surface area contributed by atoms with Gasteiger partial charge >= 0.3 is 5.97 Å². The van der Waals surface area contributed by atoms with Crippen LogP contribution >= 0.6 is 0 Å². The van der Waals surface area contributed by atoms with Gasteiger partial charge in [-0.2, -0.15) is 0 Å². The number of rotatable bonds is 4. The topological polar surface area (TPSA) is 86.5 Å². The van der Waals surface area contributed by atoms with Gasteiger partial charge in [0.2, 0.25) is 0 Å². The highest BCUT2D eigenvalue weighted by Gasteiger charge is 2.19. The van der Waals surface area contributed by atoms with Crippen molar-refractivity contribution in [2.75, 3.05) is 18.1 Å². The van der Waals surface area contributed by atoms with Gasteiger partial charge in [-0.25, -0.2) is 9.78 Å². The number of ether oxygens (including phenoxy) is 2. The standard InChI is InChI=1S/C17H21N3O3/c1-17(2,3)23-16(21)15-10-12(7-8-20-15)22-11-5-6-14(19-4)13(18)9-11/h5-10,19H,18H2,1-4H3. The zero-order chi connectivity index (χ0) is 17.0. The first-order valence-electron chi connectivity index (χ1n) is 7.23. The molecular formula is C17H21N3O3. The number of hydrogen-bond donors (Lipinski definition) is 2. The summed E-state index contributed by atoms with van der Waals surface area (Å²) in [6.45, 7) is 5.41. The van der Waals surface area contributed by atoms with Crippen LogP contribution in [0.5, 0.6) is 11.5 Å². The van der Waals surface area contributed by atoms with Gasteiger partial charge in [-0.1, -0.05) is 0 Å². The third-order valence-electron chi connectivity index (χ3n) is 2.87. The molecule has 2 rings (SSSR count). The molecule has 0 aliphatic rings. The minimum Gasteiger partial charge on any atom is -0.457 e. The van der Waals surface area contributed by atoms with Crippen molar-refractivity contribution in [2.45, 2.75) is 26.4 Å². The van der Waals surface area contributed by atoms with Crippen LogP contribution in [0.3, 0.4) is 0 Å². The number of hydrogen-bond acceptors (Lipinski definition) is 6. The van der Waals surface area contributed by atoms with E-state index in [1.165, 1.54) is 12.3 Å². The lowest BCUT2D eigenvalue weighted by Crippen LogP contribution is -2.24. The first-order chi connectivity index (χ1) is 10.8. The Labute approximate surface area is 135 Å². The minimum atomic E-state index is -0.576. The van der Waals surface area contributed by atoms with E-state index in [4.69, 9.17) is 15.2 Å². The molecule has 0 radical (unpaired) electrons. The molecule has 0 amide bonds. The van der Waals surface area contributed by atoms with Crippen LogP contribution in [0.1, 0.15) is 31.3 Å². The number of nitrogens with zero attached hydrogens (tertiary/aromatic N) is 1. The maximum absolute atomic E-state index is 12.0. The second-order valence-electron chi connectivity index (χ2n) is 5.98. The van der Waals surface area contributed by atoms with Crippen LogP contribution in [-0.2, 0) is 4.74 Å². The normalized spacial score (nSPS) is 11.0. The van der Waals surface area contributed by atoms with E-state index < -0.39 is 11.6 Å². The predicted molar refractivity (Wildman–Crippen MR) is 89.9 cm³/mol. The van der Waals surface area contributed by atoms with Crippen LogP contribution in [0.2, 0.25) is 0 Å². The Hall–Kier alpha value is -2.76. The smallest absolute Gasteiger partial charge is 0.357 e. The predicted octanol–water partition coefficient (Wildman–Crippen LogP) is 3.45. The fourth-order valence-electron chi connectivity index (χ4n) is 1.88. The summed E-state index contributed by atoms with van der Waals surface area (Å²) in [5.74, 6) is 0.563. The second-order valence-corrected chi connectivity index (χ2v) is 5.98. The van der Waals surface area contributed by atoms with Crippen LogP contribution in [0.25, 0.3) is 0 Å². The minimum absolute atomic E-state index is 0.192. The first kappa shape index (κ1) is 16.6. The van der Waals surface area contributed by atoms with E-state index >= 15 is 0 Å². The molecule has 1 aromatic heterocycles. The van der Waals surface area contributed by atoms with Gasteiger partial charge in [-0.3, -0.25) is 0 Å². The molecule has 1 aromatic carbocycles. The maximum Gasteiger partial charge on any atom is 0.357 e. The summed E-state index contributed by atoms with van der Waals surface area (Å²) < 4.78 is 11.0. The van der Waals surface area contributed by atoms with Gasteiger partial charge in [0.25, 0.3) is 0 Å². The lowest BCUT2D eigenvalue weighted by atomic mass is 10.2. The molecule has 6 nitrogen and oxygen atoms in total. The molecule has 6 heteroatoms. The fraction of sp³-hybridized carbons (Fsp3) is 0.294. The number of aromatic nitrogens is 1. The Morgan fingerprint density at radius 2 is 1.87 bits per heavy atom. The Balaban J connectivity index is 2.17. The van der Waals surface area contributed by atoms with Crippen LogP contribution < -0.4 is 15.8 Å². The van der Waals surface area contributed by atoms with Crippen molar-refractivity contribution in [1.29, 1.82) is 0 Å². The highest BCUT2D eigenvalue weighted by Crippen LogP contribution is 2.28. The number of nitrogens with two attached hydrogens (primary N) is 1. The lowest BCUT2D eigenvalue weighted by Gasteiger charge is -2.19. The summed E-state index contributed by atoms with van der Waals surface area (Å²) in [4.78, 5) is 16.1. The summed E-state index contributed by atoms with van der Waals surface area (Å²) in [5.41, 5.74) is 6.92. The van der Waals surface area contributed by atoms with Crippen LogP contribution in [0.4, 0.5) is 11.4 Å².